The fraction of sp³-hybridized carbons (Fsp3) is 0.281. The van der Waals surface area contributed by atoms with E-state index < -0.39 is 0 Å². The van der Waals surface area contributed by atoms with Crippen molar-refractivity contribution in [1.29, 1.82) is 0 Å². The molecule has 1 amide bonds. The van der Waals surface area contributed by atoms with Crippen LogP contribution in [-0.2, 0) is 13.1 Å². The maximum Gasteiger partial charge on any atom is 0.257 e. The quantitative estimate of drug-likeness (QED) is 0.280. The van der Waals surface area contributed by atoms with Gasteiger partial charge in [-0.25, -0.2) is 0 Å². The molecule has 0 unspecified atom stereocenters. The van der Waals surface area contributed by atoms with E-state index in [4.69, 9.17) is 4.52 Å². The van der Waals surface area contributed by atoms with Gasteiger partial charge in [0, 0.05) is 81.1 Å². The van der Waals surface area contributed by atoms with Gasteiger partial charge in [0.05, 0.1) is 0 Å². The Labute approximate surface area is 235 Å². The van der Waals surface area contributed by atoms with Crippen LogP contribution in [-0.4, -0.2) is 75.6 Å². The molecule has 4 aromatic rings. The summed E-state index contributed by atoms with van der Waals surface area (Å²) >= 11 is 0. The van der Waals surface area contributed by atoms with Crippen LogP contribution < -0.4 is 0 Å². The monoisotopic (exact) mass is 536 g/mol. The largest absolute Gasteiger partial charge is 0.374 e. The van der Waals surface area contributed by atoms with E-state index in [1.165, 1.54) is 5.56 Å². The summed E-state index contributed by atoms with van der Waals surface area (Å²) in [6, 6.07) is 20.1. The summed E-state index contributed by atoms with van der Waals surface area (Å²) in [5, 5.41) is 4.17. The molecular formula is C32H36N6O2. The van der Waals surface area contributed by atoms with Crippen LogP contribution in [0.4, 0.5) is 0 Å². The Morgan fingerprint density at radius 2 is 1.75 bits per heavy atom. The predicted molar refractivity (Wildman–Crippen MR) is 157 cm³/mol. The van der Waals surface area contributed by atoms with Crippen molar-refractivity contribution >= 4 is 11.5 Å². The first kappa shape index (κ1) is 27.1. The fourth-order valence-corrected chi connectivity index (χ4v) is 4.73. The maximum absolute atomic E-state index is 13.0. The molecule has 206 valence electrons. The van der Waals surface area contributed by atoms with Crippen LogP contribution in [0.3, 0.4) is 0 Å². The highest BCUT2D eigenvalue weighted by molar-refractivity contribution is 5.94. The molecule has 8 nitrogen and oxygen atoms in total. The number of hydrogen-bond acceptors (Lipinski definition) is 6. The van der Waals surface area contributed by atoms with Crippen molar-refractivity contribution in [2.24, 2.45) is 0 Å². The minimum atomic E-state index is 0.0981. The topological polar surface area (TPSA) is 70.6 Å². The van der Waals surface area contributed by atoms with Gasteiger partial charge in [-0.2, -0.15) is 4.98 Å². The minimum absolute atomic E-state index is 0.0981. The van der Waals surface area contributed by atoms with Gasteiger partial charge in [0.25, 0.3) is 11.8 Å². The van der Waals surface area contributed by atoms with E-state index in [0.29, 0.717) is 23.8 Å². The summed E-state index contributed by atoms with van der Waals surface area (Å²) in [6.07, 6.45) is 6.04. The summed E-state index contributed by atoms with van der Waals surface area (Å²) in [5.41, 5.74) is 5.53. The SMILES string of the molecule is C=C(/C=C(/C)N(C)Cc1cccc(C(=O)N2CCN(C)CC2)c1)c1nc(-c2ccc(Cn3cccc3)cc2)no1. The second-order valence-electron chi connectivity index (χ2n) is 10.4. The first-order valence-electron chi connectivity index (χ1n) is 13.5. The highest BCUT2D eigenvalue weighted by Gasteiger charge is 2.20. The number of amides is 1. The van der Waals surface area contributed by atoms with Crippen molar-refractivity contribution in [2.45, 2.75) is 20.0 Å². The maximum atomic E-state index is 13.0. The zero-order valence-corrected chi connectivity index (χ0v) is 23.5. The molecule has 40 heavy (non-hydrogen) atoms. The molecular weight excluding hydrogens is 500 g/mol. The first-order chi connectivity index (χ1) is 19.4. The van der Waals surface area contributed by atoms with Crippen LogP contribution in [0.5, 0.6) is 0 Å². The Hall–Kier alpha value is -4.43. The number of hydrogen-bond donors (Lipinski definition) is 0. The number of aromatic nitrogens is 3. The number of benzene rings is 2. The number of carbonyl (C=O) groups is 1. The van der Waals surface area contributed by atoms with Gasteiger partial charge >= 0.3 is 0 Å². The van der Waals surface area contributed by atoms with Gasteiger partial charge in [-0.3, -0.25) is 4.79 Å². The molecule has 0 N–H and O–H groups in total. The van der Waals surface area contributed by atoms with Crippen molar-refractivity contribution < 1.29 is 9.32 Å². The van der Waals surface area contributed by atoms with Gasteiger partial charge < -0.3 is 23.8 Å². The molecule has 1 fully saturated rings. The Balaban J connectivity index is 1.19. The summed E-state index contributed by atoms with van der Waals surface area (Å²) in [6.45, 7) is 11.0. The molecule has 0 spiro atoms. The molecule has 5 rings (SSSR count). The van der Waals surface area contributed by atoms with Gasteiger partial charge in [0.15, 0.2) is 0 Å². The zero-order valence-electron chi connectivity index (χ0n) is 23.5. The van der Waals surface area contributed by atoms with Crippen molar-refractivity contribution in [3.05, 3.63) is 114 Å². The lowest BCUT2D eigenvalue weighted by Gasteiger charge is -2.32. The predicted octanol–water partition coefficient (Wildman–Crippen LogP) is 5.02. The Morgan fingerprint density at radius 3 is 2.48 bits per heavy atom. The van der Waals surface area contributed by atoms with Crippen LogP contribution in [0.2, 0.25) is 0 Å². The summed E-state index contributed by atoms with van der Waals surface area (Å²) in [5.74, 6) is 1.02. The molecule has 1 saturated heterocycles. The van der Waals surface area contributed by atoms with Crippen LogP contribution >= 0.6 is 0 Å². The van der Waals surface area contributed by atoms with Gasteiger partial charge in [-0.05, 0) is 55.4 Å². The normalized spacial score (nSPS) is 14.4. The van der Waals surface area contributed by atoms with Gasteiger partial charge in [-0.15, -0.1) is 0 Å². The summed E-state index contributed by atoms with van der Waals surface area (Å²) < 4.78 is 7.66. The molecule has 2 aromatic carbocycles. The second-order valence-corrected chi connectivity index (χ2v) is 10.4. The van der Waals surface area contributed by atoms with E-state index in [1.807, 2.05) is 85.9 Å². The highest BCUT2D eigenvalue weighted by Crippen LogP contribution is 2.22. The molecule has 0 bridgehead atoms. The molecule has 0 radical (unpaired) electrons. The third-order valence-electron chi connectivity index (χ3n) is 7.31. The van der Waals surface area contributed by atoms with Crippen molar-refractivity contribution in [2.75, 3.05) is 40.3 Å². The highest BCUT2D eigenvalue weighted by atomic mass is 16.5. The molecule has 1 aliphatic heterocycles. The van der Waals surface area contributed by atoms with Crippen molar-refractivity contribution in [3.63, 3.8) is 0 Å². The zero-order chi connectivity index (χ0) is 28.1. The average molecular weight is 537 g/mol. The number of piperazine rings is 1. The van der Waals surface area contributed by atoms with E-state index in [9.17, 15) is 4.79 Å². The van der Waals surface area contributed by atoms with Crippen molar-refractivity contribution in [1.82, 2.24) is 29.4 Å². The average Bonchev–Trinajstić information content (AvgIpc) is 3.67. The van der Waals surface area contributed by atoms with E-state index in [0.717, 1.165) is 55.1 Å². The lowest BCUT2D eigenvalue weighted by atomic mass is 10.1. The summed E-state index contributed by atoms with van der Waals surface area (Å²) in [7, 11) is 4.11. The number of carbonyl (C=O) groups excluding carboxylic acids is 1. The van der Waals surface area contributed by atoms with Crippen LogP contribution in [0, 0.1) is 0 Å². The van der Waals surface area contributed by atoms with Crippen LogP contribution in [0.25, 0.3) is 17.0 Å². The van der Waals surface area contributed by atoms with Gasteiger partial charge in [-0.1, -0.05) is 48.1 Å². The molecule has 3 heterocycles. The van der Waals surface area contributed by atoms with Gasteiger partial charge in [0.1, 0.15) is 0 Å². The number of nitrogens with zero attached hydrogens (tertiary/aromatic N) is 6. The lowest BCUT2D eigenvalue weighted by Crippen LogP contribution is -2.47. The van der Waals surface area contributed by atoms with E-state index in [1.54, 1.807) is 0 Å². The van der Waals surface area contributed by atoms with Crippen LogP contribution in [0.1, 0.15) is 34.3 Å². The molecule has 0 saturated carbocycles. The standard InChI is InChI=1S/C32H36N6O2/c1-24(31-33-30(34-40-31)28-12-10-26(11-13-28)23-37-14-5-6-15-37)20-25(2)36(4)22-27-8-7-9-29(21-27)32(39)38-18-16-35(3)17-19-38/h5-15,20-21H,1,16-19,22-23H2,2-4H3/b25-20-. The van der Waals surface area contributed by atoms with Crippen LogP contribution in [0.15, 0.2) is 95.9 Å². The Kier molecular flexibility index (Phi) is 8.26. The number of rotatable bonds is 9. The molecule has 8 heteroatoms. The van der Waals surface area contributed by atoms with Gasteiger partial charge in [0.2, 0.25) is 5.82 Å². The lowest BCUT2D eigenvalue weighted by molar-refractivity contribution is 0.0664. The second kappa shape index (κ2) is 12.2. The van der Waals surface area contributed by atoms with E-state index >= 15 is 0 Å². The number of likely N-dealkylation sites (N-methyl/N-ethyl adjacent to an activating group) is 1. The Bertz CT molecular complexity index is 1480. The number of allylic oxidation sites excluding steroid dienone is 3. The Morgan fingerprint density at radius 1 is 1.02 bits per heavy atom. The third kappa shape index (κ3) is 6.58. The first-order valence-corrected chi connectivity index (χ1v) is 13.5. The summed E-state index contributed by atoms with van der Waals surface area (Å²) in [4.78, 5) is 23.9. The smallest absolute Gasteiger partial charge is 0.257 e. The molecule has 1 aliphatic rings. The van der Waals surface area contributed by atoms with E-state index in [-0.39, 0.29) is 5.91 Å². The fourth-order valence-electron chi connectivity index (χ4n) is 4.73. The van der Waals surface area contributed by atoms with E-state index in [2.05, 4.69) is 50.3 Å². The minimum Gasteiger partial charge on any atom is -0.374 e. The molecule has 2 aromatic heterocycles. The molecule has 0 aliphatic carbocycles. The van der Waals surface area contributed by atoms with Crippen molar-refractivity contribution in [3.8, 4) is 11.4 Å². The third-order valence-corrected chi connectivity index (χ3v) is 7.31. The molecule has 0 atom stereocenters.